The predicted octanol–water partition coefficient (Wildman–Crippen LogP) is 3.57. The largest absolute Gasteiger partial charge is 0.481 e. The topological polar surface area (TPSA) is 64.1 Å². The molecule has 0 aliphatic carbocycles. The van der Waals surface area contributed by atoms with Crippen molar-refractivity contribution in [3.63, 3.8) is 0 Å². The highest BCUT2D eigenvalue weighted by Crippen LogP contribution is 2.26. The number of rotatable bonds is 3. The lowest BCUT2D eigenvalue weighted by Crippen LogP contribution is -2.05. The van der Waals surface area contributed by atoms with Crippen LogP contribution in [-0.2, 0) is 4.79 Å². The Hall–Kier alpha value is -2.95. The molecule has 5 nitrogen and oxygen atoms in total. The van der Waals surface area contributed by atoms with Crippen LogP contribution in [0.2, 0.25) is 0 Å². The Morgan fingerprint density at radius 3 is 2.65 bits per heavy atom. The molecule has 0 aliphatic rings. The number of amides is 1. The highest BCUT2D eigenvalue weighted by Gasteiger charge is 2.08. The maximum absolute atomic E-state index is 11.2. The minimum atomic E-state index is -0.0906. The average molecular weight is 307 g/mol. The third-order valence-electron chi connectivity index (χ3n) is 3.53. The van der Waals surface area contributed by atoms with E-state index in [1.807, 2.05) is 43.3 Å². The summed E-state index contributed by atoms with van der Waals surface area (Å²) in [5, 5.41) is 3.79. The van der Waals surface area contributed by atoms with E-state index in [1.165, 1.54) is 6.92 Å². The summed E-state index contributed by atoms with van der Waals surface area (Å²) in [5.41, 5.74) is 4.25. The zero-order valence-corrected chi connectivity index (χ0v) is 13.3. The van der Waals surface area contributed by atoms with Crippen molar-refractivity contribution in [2.75, 3.05) is 12.4 Å². The summed E-state index contributed by atoms with van der Waals surface area (Å²) >= 11 is 0. The van der Waals surface area contributed by atoms with Gasteiger partial charge in [-0.05, 0) is 42.8 Å². The minimum Gasteiger partial charge on any atom is -0.481 e. The number of ether oxygens (including phenoxy) is 1. The molecule has 0 radical (unpaired) electrons. The van der Waals surface area contributed by atoms with Crippen LogP contribution in [0.1, 0.15) is 12.5 Å². The first-order valence-corrected chi connectivity index (χ1v) is 7.27. The number of pyridine rings is 2. The van der Waals surface area contributed by atoms with E-state index in [2.05, 4.69) is 15.3 Å². The number of carbonyl (C=O) groups is 1. The number of hydrogen-bond donors (Lipinski definition) is 1. The van der Waals surface area contributed by atoms with Gasteiger partial charge in [-0.1, -0.05) is 6.07 Å². The number of anilines is 1. The monoisotopic (exact) mass is 307 g/mol. The van der Waals surface area contributed by atoms with Crippen molar-refractivity contribution >= 4 is 22.5 Å². The van der Waals surface area contributed by atoms with Crippen molar-refractivity contribution in [1.82, 2.24) is 9.97 Å². The van der Waals surface area contributed by atoms with Crippen LogP contribution in [0, 0.1) is 6.92 Å². The maximum atomic E-state index is 11.2. The smallest absolute Gasteiger partial charge is 0.221 e. The molecule has 0 saturated heterocycles. The third kappa shape index (κ3) is 3.13. The van der Waals surface area contributed by atoms with Crippen LogP contribution in [0.3, 0.4) is 0 Å². The van der Waals surface area contributed by atoms with Gasteiger partial charge in [-0.2, -0.15) is 0 Å². The molecule has 1 amide bonds. The van der Waals surface area contributed by atoms with Gasteiger partial charge < -0.3 is 10.1 Å². The second-order valence-electron chi connectivity index (χ2n) is 5.30. The van der Waals surface area contributed by atoms with Crippen molar-refractivity contribution < 1.29 is 9.53 Å². The Kier molecular flexibility index (Phi) is 3.93. The highest BCUT2D eigenvalue weighted by atomic mass is 16.5. The quantitative estimate of drug-likeness (QED) is 0.803. The molecule has 2 aromatic heterocycles. The molecule has 116 valence electrons. The van der Waals surface area contributed by atoms with Crippen LogP contribution >= 0.6 is 0 Å². The van der Waals surface area contributed by atoms with E-state index in [9.17, 15) is 4.79 Å². The van der Waals surface area contributed by atoms with Gasteiger partial charge >= 0.3 is 0 Å². The Morgan fingerprint density at radius 2 is 1.91 bits per heavy atom. The number of methoxy groups -OCH3 is 1. The second-order valence-corrected chi connectivity index (χ2v) is 5.30. The van der Waals surface area contributed by atoms with Crippen LogP contribution in [-0.4, -0.2) is 23.0 Å². The predicted molar refractivity (Wildman–Crippen MR) is 90.6 cm³/mol. The molecule has 5 heteroatoms. The van der Waals surface area contributed by atoms with E-state index in [4.69, 9.17) is 4.74 Å². The Bertz CT molecular complexity index is 891. The normalized spacial score (nSPS) is 10.6. The molecule has 0 aliphatic heterocycles. The first kappa shape index (κ1) is 15.0. The fourth-order valence-electron chi connectivity index (χ4n) is 2.48. The van der Waals surface area contributed by atoms with Crippen molar-refractivity contribution in [1.29, 1.82) is 0 Å². The lowest BCUT2D eigenvalue weighted by molar-refractivity contribution is -0.114. The molecule has 0 bridgehead atoms. The lowest BCUT2D eigenvalue weighted by atomic mass is 10.1. The van der Waals surface area contributed by atoms with E-state index < -0.39 is 0 Å². The highest BCUT2D eigenvalue weighted by molar-refractivity contribution is 5.93. The van der Waals surface area contributed by atoms with Crippen molar-refractivity contribution in [3.8, 4) is 17.3 Å². The molecule has 0 fully saturated rings. The zero-order chi connectivity index (χ0) is 16.4. The van der Waals surface area contributed by atoms with E-state index in [0.717, 1.165) is 33.5 Å². The van der Waals surface area contributed by atoms with E-state index in [-0.39, 0.29) is 5.91 Å². The van der Waals surface area contributed by atoms with Crippen molar-refractivity contribution in [2.24, 2.45) is 0 Å². The number of benzene rings is 1. The molecule has 0 spiro atoms. The first-order valence-electron chi connectivity index (χ1n) is 7.27. The molecule has 0 saturated carbocycles. The summed E-state index contributed by atoms with van der Waals surface area (Å²) in [6.45, 7) is 3.51. The fraction of sp³-hybridized carbons (Fsp3) is 0.167. The number of aryl methyl sites for hydroxylation is 1. The van der Waals surface area contributed by atoms with E-state index in [0.29, 0.717) is 5.88 Å². The van der Waals surface area contributed by atoms with Gasteiger partial charge in [-0.15, -0.1) is 0 Å². The summed E-state index contributed by atoms with van der Waals surface area (Å²) in [7, 11) is 1.59. The van der Waals surface area contributed by atoms with Crippen molar-refractivity contribution in [3.05, 3.63) is 48.0 Å². The van der Waals surface area contributed by atoms with Gasteiger partial charge in [-0.25, -0.2) is 9.97 Å². The molecular weight excluding hydrogens is 290 g/mol. The van der Waals surface area contributed by atoms with Gasteiger partial charge in [0.05, 0.1) is 24.0 Å². The molecule has 0 unspecified atom stereocenters. The number of hydrogen-bond acceptors (Lipinski definition) is 4. The Morgan fingerprint density at radius 1 is 1.09 bits per heavy atom. The number of aromatic nitrogens is 2. The molecule has 3 aromatic rings. The SMILES string of the molecule is COc1cccc(-c2cc(C)c3cc(NC(C)=O)ccc3n2)n1. The van der Waals surface area contributed by atoms with Gasteiger partial charge in [0, 0.05) is 24.1 Å². The van der Waals surface area contributed by atoms with Crippen LogP contribution < -0.4 is 10.1 Å². The summed E-state index contributed by atoms with van der Waals surface area (Å²) < 4.78 is 5.17. The first-order chi connectivity index (χ1) is 11.1. The number of nitrogens with one attached hydrogen (secondary N) is 1. The second kappa shape index (κ2) is 6.04. The van der Waals surface area contributed by atoms with Gasteiger partial charge in [0.15, 0.2) is 0 Å². The van der Waals surface area contributed by atoms with Gasteiger partial charge in [-0.3, -0.25) is 4.79 Å². The minimum absolute atomic E-state index is 0.0906. The van der Waals surface area contributed by atoms with Crippen LogP contribution in [0.5, 0.6) is 5.88 Å². The molecule has 1 aromatic carbocycles. The van der Waals surface area contributed by atoms with Gasteiger partial charge in [0.2, 0.25) is 11.8 Å². The Balaban J connectivity index is 2.09. The third-order valence-corrected chi connectivity index (χ3v) is 3.53. The van der Waals surface area contributed by atoms with Gasteiger partial charge in [0.25, 0.3) is 0 Å². The van der Waals surface area contributed by atoms with E-state index >= 15 is 0 Å². The lowest BCUT2D eigenvalue weighted by Gasteiger charge is -2.09. The molecule has 2 heterocycles. The zero-order valence-electron chi connectivity index (χ0n) is 13.3. The van der Waals surface area contributed by atoms with E-state index in [1.54, 1.807) is 13.2 Å². The van der Waals surface area contributed by atoms with Crippen LogP contribution in [0.4, 0.5) is 5.69 Å². The van der Waals surface area contributed by atoms with Crippen molar-refractivity contribution in [2.45, 2.75) is 13.8 Å². The average Bonchev–Trinajstić information content (AvgIpc) is 2.55. The van der Waals surface area contributed by atoms with Gasteiger partial charge in [0.1, 0.15) is 0 Å². The standard InChI is InChI=1S/C18H17N3O2/c1-11-9-17(16-5-4-6-18(21-16)23-3)20-15-8-7-13(10-14(11)15)19-12(2)22/h4-10H,1-3H3,(H,19,22). The summed E-state index contributed by atoms with van der Waals surface area (Å²) in [4.78, 5) is 20.3. The fourth-order valence-corrected chi connectivity index (χ4v) is 2.48. The number of carbonyl (C=O) groups excluding carboxylic acids is 1. The number of fused-ring (bicyclic) bond motifs is 1. The molecule has 3 rings (SSSR count). The molecule has 1 N–H and O–H groups in total. The maximum Gasteiger partial charge on any atom is 0.221 e. The molecular formula is C18H17N3O2. The molecule has 0 atom stereocenters. The van der Waals surface area contributed by atoms with Crippen LogP contribution in [0.15, 0.2) is 42.5 Å². The summed E-state index contributed by atoms with van der Waals surface area (Å²) in [6, 6.07) is 13.3. The molecule has 23 heavy (non-hydrogen) atoms. The van der Waals surface area contributed by atoms with Crippen LogP contribution in [0.25, 0.3) is 22.3 Å². The summed E-state index contributed by atoms with van der Waals surface area (Å²) in [5.74, 6) is 0.468. The Labute approximate surface area is 134 Å². The summed E-state index contributed by atoms with van der Waals surface area (Å²) in [6.07, 6.45) is 0. The number of nitrogens with zero attached hydrogens (tertiary/aromatic N) is 2.